The number of hydrogen-bond acceptors (Lipinski definition) is 0. The van der Waals surface area contributed by atoms with Crippen molar-refractivity contribution in [2.24, 2.45) is 5.92 Å². The molecule has 2 atom stereocenters. The van der Waals surface area contributed by atoms with Crippen molar-refractivity contribution >= 4 is 0 Å². The van der Waals surface area contributed by atoms with Gasteiger partial charge in [-0.15, -0.1) is 19.6 Å². The van der Waals surface area contributed by atoms with Gasteiger partial charge in [0.15, 0.2) is 0 Å². The summed E-state index contributed by atoms with van der Waals surface area (Å²) < 4.78 is 0. The molecule has 0 heterocycles. The van der Waals surface area contributed by atoms with Crippen LogP contribution >= 0.6 is 0 Å². The van der Waals surface area contributed by atoms with Crippen LogP contribution < -0.4 is 0 Å². The third-order valence-electron chi connectivity index (χ3n) is 5.98. The average Bonchev–Trinajstić information content (AvgIpc) is 3.02. The van der Waals surface area contributed by atoms with Crippen LogP contribution in [0.5, 0.6) is 0 Å². The van der Waals surface area contributed by atoms with Crippen LogP contribution in [-0.2, 0) is 12.8 Å². The minimum absolute atomic E-state index is 0.603. The van der Waals surface area contributed by atoms with Crippen molar-refractivity contribution in [3.63, 3.8) is 0 Å². The first-order valence-corrected chi connectivity index (χ1v) is 15.3. The van der Waals surface area contributed by atoms with Gasteiger partial charge in [-0.2, -0.15) is 0 Å². The summed E-state index contributed by atoms with van der Waals surface area (Å²) in [6, 6.07) is 30.3. The summed E-state index contributed by atoms with van der Waals surface area (Å²) in [5, 5.41) is 0. The van der Waals surface area contributed by atoms with E-state index in [9.17, 15) is 0 Å². The molecule has 0 amide bonds. The minimum atomic E-state index is 0.603. The Bertz CT molecular complexity index is 1030. The molecule has 3 aromatic rings. The summed E-state index contributed by atoms with van der Waals surface area (Å²) in [6.07, 6.45) is 14.2. The topological polar surface area (TPSA) is 0 Å². The Morgan fingerprint density at radius 1 is 0.805 bits per heavy atom. The van der Waals surface area contributed by atoms with Crippen molar-refractivity contribution in [2.45, 2.75) is 94.4 Å². The first-order valence-electron chi connectivity index (χ1n) is 15.3. The van der Waals surface area contributed by atoms with Gasteiger partial charge in [0.1, 0.15) is 0 Å². The first-order chi connectivity index (χ1) is 19.9. The van der Waals surface area contributed by atoms with E-state index in [2.05, 4.69) is 114 Å². The van der Waals surface area contributed by atoms with Crippen molar-refractivity contribution in [2.75, 3.05) is 0 Å². The Morgan fingerprint density at radius 3 is 1.66 bits per heavy atom. The predicted octanol–water partition coefficient (Wildman–Crippen LogP) is 12.6. The quantitative estimate of drug-likeness (QED) is 0.155. The zero-order valence-corrected chi connectivity index (χ0v) is 28.1. The monoisotopic (exact) mass is 552 g/mol. The second kappa shape index (κ2) is 31.0. The average molecular weight is 553 g/mol. The molecule has 0 saturated carbocycles. The smallest absolute Gasteiger partial charge is 0.00924 e. The van der Waals surface area contributed by atoms with Crippen molar-refractivity contribution in [3.8, 4) is 12.3 Å². The van der Waals surface area contributed by atoms with E-state index in [0.717, 1.165) is 12.0 Å². The van der Waals surface area contributed by atoms with E-state index in [1.165, 1.54) is 35.1 Å². The van der Waals surface area contributed by atoms with Crippen LogP contribution in [-0.4, -0.2) is 0 Å². The number of aryl methyl sites for hydroxylation is 2. The summed E-state index contributed by atoms with van der Waals surface area (Å²) in [5.41, 5.74) is 6.81. The maximum Gasteiger partial charge on any atom is -0.00924 e. The molecule has 0 saturated heterocycles. The second-order valence-electron chi connectivity index (χ2n) is 9.16. The fourth-order valence-electron chi connectivity index (χ4n) is 3.74. The molecule has 41 heavy (non-hydrogen) atoms. The first kappa shape index (κ1) is 41.9. The summed E-state index contributed by atoms with van der Waals surface area (Å²) in [5.74, 6) is 3.70. The fraction of sp³-hybridized carbons (Fsp3) is 0.366. The van der Waals surface area contributed by atoms with Crippen LogP contribution in [0.3, 0.4) is 0 Å². The Balaban J connectivity index is -0.000000568. The largest absolute Gasteiger partial charge is 0.115 e. The predicted molar refractivity (Wildman–Crippen MR) is 191 cm³/mol. The van der Waals surface area contributed by atoms with E-state index in [1.54, 1.807) is 6.08 Å². The third-order valence-corrected chi connectivity index (χ3v) is 5.98. The van der Waals surface area contributed by atoms with Crippen LogP contribution in [0.2, 0.25) is 0 Å². The zero-order chi connectivity index (χ0) is 31.9. The molecule has 0 aliphatic heterocycles. The molecule has 0 nitrogen and oxygen atoms in total. The molecular formula is C41H60. The van der Waals surface area contributed by atoms with Crippen LogP contribution in [0.15, 0.2) is 122 Å². The van der Waals surface area contributed by atoms with Crippen molar-refractivity contribution in [1.82, 2.24) is 0 Å². The maximum atomic E-state index is 5.00. The number of terminal acetylenes is 1. The molecule has 0 N–H and O–H groups in total. The highest BCUT2D eigenvalue weighted by atomic mass is 14.2. The number of hydrogen-bond donors (Lipinski definition) is 0. The lowest BCUT2D eigenvalue weighted by molar-refractivity contribution is 0.485. The molecule has 0 spiro atoms. The lowest BCUT2D eigenvalue weighted by Crippen LogP contribution is -2.09. The fourth-order valence-corrected chi connectivity index (χ4v) is 3.74. The van der Waals surface area contributed by atoms with E-state index in [0.29, 0.717) is 11.8 Å². The van der Waals surface area contributed by atoms with E-state index in [-0.39, 0.29) is 0 Å². The van der Waals surface area contributed by atoms with Crippen molar-refractivity contribution < 1.29 is 0 Å². The Kier molecular flexibility index (Phi) is 31.7. The highest BCUT2D eigenvalue weighted by Crippen LogP contribution is 2.26. The molecule has 0 heteroatoms. The Morgan fingerprint density at radius 2 is 1.27 bits per heavy atom. The molecule has 0 aliphatic carbocycles. The van der Waals surface area contributed by atoms with E-state index in [1.807, 2.05) is 71.9 Å². The van der Waals surface area contributed by atoms with Crippen LogP contribution in [0.4, 0.5) is 0 Å². The summed E-state index contributed by atoms with van der Waals surface area (Å²) in [6.45, 7) is 27.0. The number of allylic oxidation sites excluding steroid dienone is 4. The van der Waals surface area contributed by atoms with Crippen LogP contribution in [0.25, 0.3) is 0 Å². The standard InChI is InChI=1S/C20H26.C8H10.C7H8.2C2H6.C2H4/c1-4-8-18-11-13-19(14-12-18)15-16(2)17(3)20-9-6-5-7-10-20;1-4-6-8(3)7-5-2;1-7-5-3-2-4-6-7;3*1-2/h5-7,9-14,16-17H,4,8,15H2,1-3H3;1,5-7H,2-3H3;2-6H,1H3;2*1-2H3;1-2H2/b;7-5-,8-6-;;;;. The Hall–Kier alpha value is -3.56. The molecule has 0 aliphatic rings. The van der Waals surface area contributed by atoms with E-state index < -0.39 is 0 Å². The van der Waals surface area contributed by atoms with E-state index in [4.69, 9.17) is 6.42 Å². The second-order valence-corrected chi connectivity index (χ2v) is 9.16. The van der Waals surface area contributed by atoms with Crippen LogP contribution in [0.1, 0.15) is 96.9 Å². The van der Waals surface area contributed by atoms with Gasteiger partial charge in [-0.1, -0.05) is 163 Å². The molecule has 0 aromatic heterocycles. The van der Waals surface area contributed by atoms with Gasteiger partial charge >= 0.3 is 0 Å². The van der Waals surface area contributed by atoms with Gasteiger partial charge in [0.2, 0.25) is 0 Å². The lowest BCUT2D eigenvalue weighted by atomic mass is 9.84. The minimum Gasteiger partial charge on any atom is -0.115 e. The summed E-state index contributed by atoms with van der Waals surface area (Å²) in [7, 11) is 0. The van der Waals surface area contributed by atoms with Gasteiger partial charge in [0.05, 0.1) is 0 Å². The molecule has 3 rings (SSSR count). The summed E-state index contributed by atoms with van der Waals surface area (Å²) in [4.78, 5) is 0. The molecule has 224 valence electrons. The highest BCUT2D eigenvalue weighted by Gasteiger charge is 2.14. The highest BCUT2D eigenvalue weighted by molar-refractivity contribution is 5.25. The van der Waals surface area contributed by atoms with Gasteiger partial charge in [0, 0.05) is 0 Å². The maximum absolute atomic E-state index is 5.00. The SMILES string of the molecule is C#C/C=C(C)\C=C/C.C=C.CC.CC.CCCc1ccc(CC(C)C(C)c2ccccc2)cc1.Cc1ccccc1. The third kappa shape index (κ3) is 22.9. The molecule has 3 aromatic carbocycles. The molecule has 2 unspecified atom stereocenters. The zero-order valence-electron chi connectivity index (χ0n) is 28.1. The van der Waals surface area contributed by atoms with Gasteiger partial charge in [0.25, 0.3) is 0 Å². The normalized spacial score (nSPS) is 11.0. The van der Waals surface area contributed by atoms with Gasteiger partial charge in [-0.05, 0) is 73.8 Å². The van der Waals surface area contributed by atoms with Gasteiger partial charge in [-0.3, -0.25) is 0 Å². The number of rotatable bonds is 7. The van der Waals surface area contributed by atoms with Crippen molar-refractivity contribution in [3.05, 3.63) is 144 Å². The molecular weight excluding hydrogens is 492 g/mol. The lowest BCUT2D eigenvalue weighted by Gasteiger charge is -2.20. The van der Waals surface area contributed by atoms with Crippen LogP contribution in [0, 0.1) is 25.2 Å². The molecule has 0 radical (unpaired) electrons. The number of benzene rings is 3. The van der Waals surface area contributed by atoms with Crippen molar-refractivity contribution in [1.29, 1.82) is 0 Å². The molecule has 0 fully saturated rings. The van der Waals surface area contributed by atoms with Gasteiger partial charge < -0.3 is 0 Å². The summed E-state index contributed by atoms with van der Waals surface area (Å²) >= 11 is 0. The van der Waals surface area contributed by atoms with Gasteiger partial charge in [-0.25, -0.2) is 0 Å². The Labute approximate surface area is 256 Å². The molecule has 0 bridgehead atoms. The van der Waals surface area contributed by atoms with E-state index >= 15 is 0 Å².